The molecule has 2 amide bonds. The highest BCUT2D eigenvalue weighted by atomic mass is 35.5. The summed E-state index contributed by atoms with van der Waals surface area (Å²) in [7, 11) is 0. The minimum atomic E-state index is -0.588. The zero-order valence-electron chi connectivity index (χ0n) is 23.1. The zero-order valence-corrected chi connectivity index (χ0v) is 23.9. The average Bonchev–Trinajstić information content (AvgIpc) is 3.10. The van der Waals surface area contributed by atoms with Gasteiger partial charge in [0, 0.05) is 55.6 Å². The van der Waals surface area contributed by atoms with Gasteiger partial charge < -0.3 is 14.5 Å². The summed E-state index contributed by atoms with van der Waals surface area (Å²) < 4.78 is 19.8. The summed E-state index contributed by atoms with van der Waals surface area (Å²) in [6.07, 6.45) is 1.81. The van der Waals surface area contributed by atoms with E-state index in [9.17, 15) is 14.0 Å². The number of anilines is 1. The van der Waals surface area contributed by atoms with E-state index in [1.54, 1.807) is 28.1 Å². The smallest absolute Gasteiger partial charge is 0.410 e. The predicted molar refractivity (Wildman–Crippen MR) is 147 cm³/mol. The van der Waals surface area contributed by atoms with Crippen molar-refractivity contribution in [2.24, 2.45) is 0 Å². The van der Waals surface area contributed by atoms with Gasteiger partial charge in [0.15, 0.2) is 0 Å². The first-order chi connectivity index (χ1) is 17.8. The standard InChI is InChI=1S/C29H38ClFN4O3/c1-19-15-33(22(13-30)16-34(19)27(37)38-28(2,3)4)17-25(36)35-18-29(5,6)26-24(35)12-20(14-32-26)11-21-9-7-8-10-23(21)31/h7-10,12,14,19,22H,11,13,15-18H2,1-6H3. The van der Waals surface area contributed by atoms with Crippen LogP contribution in [0.2, 0.25) is 0 Å². The molecule has 2 aliphatic heterocycles. The Morgan fingerprint density at radius 1 is 1.21 bits per heavy atom. The Bertz CT molecular complexity index is 1200. The lowest BCUT2D eigenvalue weighted by Crippen LogP contribution is -2.61. The first kappa shape index (κ1) is 28.3. The summed E-state index contributed by atoms with van der Waals surface area (Å²) in [6, 6.07) is 8.35. The molecule has 0 bridgehead atoms. The molecule has 0 radical (unpaired) electrons. The highest BCUT2D eigenvalue weighted by Crippen LogP contribution is 2.40. The van der Waals surface area contributed by atoms with E-state index in [-0.39, 0.29) is 47.7 Å². The number of fused-ring (bicyclic) bond motifs is 1. The van der Waals surface area contributed by atoms with Gasteiger partial charge in [-0.1, -0.05) is 32.0 Å². The molecular formula is C29H38ClFN4O3. The molecule has 4 rings (SSSR count). The molecular weight excluding hydrogens is 507 g/mol. The number of halogens is 2. The predicted octanol–water partition coefficient (Wildman–Crippen LogP) is 4.98. The number of aromatic nitrogens is 1. The molecule has 1 saturated heterocycles. The monoisotopic (exact) mass is 544 g/mol. The summed E-state index contributed by atoms with van der Waals surface area (Å²) in [4.78, 5) is 36.7. The van der Waals surface area contributed by atoms with Gasteiger partial charge in [0.1, 0.15) is 11.4 Å². The van der Waals surface area contributed by atoms with Crippen LogP contribution in [0, 0.1) is 5.82 Å². The third-order valence-electron chi connectivity index (χ3n) is 7.16. The van der Waals surface area contributed by atoms with E-state index in [1.165, 1.54) is 6.07 Å². The summed E-state index contributed by atoms with van der Waals surface area (Å²) >= 11 is 6.32. The number of hydrogen-bond donors (Lipinski definition) is 0. The van der Waals surface area contributed by atoms with Crippen LogP contribution in [-0.2, 0) is 21.4 Å². The average molecular weight is 545 g/mol. The van der Waals surface area contributed by atoms with Gasteiger partial charge in [0.05, 0.1) is 17.9 Å². The molecule has 2 atom stereocenters. The second-order valence-corrected chi connectivity index (χ2v) is 12.4. The molecule has 1 aromatic carbocycles. The Kier molecular flexibility index (Phi) is 8.05. The Hall–Kier alpha value is -2.71. The number of amides is 2. The molecule has 1 aromatic heterocycles. The van der Waals surface area contributed by atoms with Crippen LogP contribution in [0.25, 0.3) is 0 Å². The van der Waals surface area contributed by atoms with Crippen LogP contribution >= 0.6 is 11.6 Å². The van der Waals surface area contributed by atoms with Crippen LogP contribution in [0.4, 0.5) is 14.9 Å². The quantitative estimate of drug-likeness (QED) is 0.496. The maximum absolute atomic E-state index is 14.3. The number of carbonyl (C=O) groups excluding carboxylic acids is 2. The topological polar surface area (TPSA) is 66.0 Å². The van der Waals surface area contributed by atoms with Gasteiger partial charge in [-0.3, -0.25) is 14.7 Å². The fourth-order valence-electron chi connectivity index (χ4n) is 5.24. The van der Waals surface area contributed by atoms with Crippen molar-refractivity contribution in [2.75, 3.05) is 37.0 Å². The van der Waals surface area contributed by atoms with Crippen LogP contribution in [0.5, 0.6) is 0 Å². The fraction of sp³-hybridized carbons (Fsp3) is 0.552. The lowest BCUT2D eigenvalue weighted by Gasteiger charge is -2.44. The minimum Gasteiger partial charge on any atom is -0.444 e. The van der Waals surface area contributed by atoms with E-state index in [4.69, 9.17) is 21.3 Å². The molecule has 38 heavy (non-hydrogen) atoms. The first-order valence-electron chi connectivity index (χ1n) is 13.1. The van der Waals surface area contributed by atoms with Gasteiger partial charge in [0.25, 0.3) is 0 Å². The van der Waals surface area contributed by atoms with E-state index < -0.39 is 5.60 Å². The maximum Gasteiger partial charge on any atom is 0.410 e. The number of carbonyl (C=O) groups is 2. The summed E-state index contributed by atoms with van der Waals surface area (Å²) in [5.41, 5.74) is 2.18. The lowest BCUT2D eigenvalue weighted by molar-refractivity contribution is -0.121. The summed E-state index contributed by atoms with van der Waals surface area (Å²) in [5.74, 6) is -0.0156. The lowest BCUT2D eigenvalue weighted by atomic mass is 9.91. The molecule has 0 spiro atoms. The third kappa shape index (κ3) is 6.12. The van der Waals surface area contributed by atoms with Crippen molar-refractivity contribution in [1.82, 2.24) is 14.8 Å². The van der Waals surface area contributed by atoms with Gasteiger partial charge in [-0.25, -0.2) is 9.18 Å². The van der Waals surface area contributed by atoms with E-state index >= 15 is 0 Å². The summed E-state index contributed by atoms with van der Waals surface area (Å²) in [5, 5.41) is 0. The van der Waals surface area contributed by atoms with Gasteiger partial charge >= 0.3 is 6.09 Å². The second-order valence-electron chi connectivity index (χ2n) is 12.1. The molecule has 0 saturated carbocycles. The van der Waals surface area contributed by atoms with E-state index in [2.05, 4.69) is 18.7 Å². The van der Waals surface area contributed by atoms with E-state index in [0.29, 0.717) is 31.6 Å². The number of rotatable bonds is 5. The van der Waals surface area contributed by atoms with Crippen molar-refractivity contribution >= 4 is 29.3 Å². The second kappa shape index (κ2) is 10.8. The molecule has 0 N–H and O–H groups in total. The summed E-state index contributed by atoms with van der Waals surface area (Å²) in [6.45, 7) is 13.2. The molecule has 2 aromatic rings. The number of hydrogen-bond acceptors (Lipinski definition) is 5. The molecule has 2 aliphatic rings. The maximum atomic E-state index is 14.3. The minimum absolute atomic E-state index is 0.0466. The largest absolute Gasteiger partial charge is 0.444 e. The normalized spacial score (nSPS) is 21.4. The molecule has 206 valence electrons. The van der Waals surface area contributed by atoms with Gasteiger partial charge in [0.2, 0.25) is 5.91 Å². The Labute approximate surface area is 229 Å². The highest BCUT2D eigenvalue weighted by molar-refractivity contribution is 6.18. The van der Waals surface area contributed by atoms with Crippen molar-refractivity contribution in [3.8, 4) is 0 Å². The molecule has 7 nitrogen and oxygen atoms in total. The Morgan fingerprint density at radius 2 is 1.92 bits per heavy atom. The van der Waals surface area contributed by atoms with Crippen molar-refractivity contribution in [1.29, 1.82) is 0 Å². The highest BCUT2D eigenvalue weighted by Gasteiger charge is 2.42. The zero-order chi connectivity index (χ0) is 27.8. The van der Waals surface area contributed by atoms with Crippen LogP contribution in [0.3, 0.4) is 0 Å². The molecule has 9 heteroatoms. The van der Waals surface area contributed by atoms with Crippen molar-refractivity contribution in [2.45, 2.75) is 71.1 Å². The molecule has 2 unspecified atom stereocenters. The fourth-order valence-corrected chi connectivity index (χ4v) is 5.53. The number of pyridine rings is 1. The van der Waals surface area contributed by atoms with Gasteiger partial charge in [-0.2, -0.15) is 0 Å². The number of ether oxygens (including phenoxy) is 1. The van der Waals surface area contributed by atoms with Gasteiger partial charge in [-0.05, 0) is 51.0 Å². The number of nitrogens with zero attached hydrogens (tertiary/aromatic N) is 4. The first-order valence-corrected chi connectivity index (χ1v) is 13.7. The SMILES string of the molecule is CC1CN(CC(=O)N2CC(C)(C)c3ncc(Cc4ccccc4F)cc32)C(CCl)CN1C(=O)OC(C)(C)C. The van der Waals surface area contributed by atoms with Crippen LogP contribution in [0.1, 0.15) is 58.4 Å². The third-order valence-corrected chi connectivity index (χ3v) is 7.52. The van der Waals surface area contributed by atoms with Crippen LogP contribution in [0.15, 0.2) is 36.5 Å². The van der Waals surface area contributed by atoms with Crippen LogP contribution in [-0.4, -0.2) is 76.5 Å². The van der Waals surface area contributed by atoms with Crippen LogP contribution < -0.4 is 4.90 Å². The van der Waals surface area contributed by atoms with E-state index in [1.807, 2.05) is 39.8 Å². The van der Waals surface area contributed by atoms with Crippen molar-refractivity contribution < 1.29 is 18.7 Å². The Balaban J connectivity index is 1.51. The number of benzene rings is 1. The van der Waals surface area contributed by atoms with Gasteiger partial charge in [-0.15, -0.1) is 11.6 Å². The molecule has 0 aliphatic carbocycles. The van der Waals surface area contributed by atoms with Crippen molar-refractivity contribution in [3.63, 3.8) is 0 Å². The Morgan fingerprint density at radius 3 is 2.58 bits per heavy atom. The van der Waals surface area contributed by atoms with Crippen molar-refractivity contribution in [3.05, 3.63) is 59.2 Å². The molecule has 1 fully saturated rings. The molecule has 3 heterocycles. The van der Waals surface area contributed by atoms with E-state index in [0.717, 1.165) is 16.9 Å². The number of alkyl halides is 1. The number of piperazine rings is 1.